The highest BCUT2D eigenvalue weighted by atomic mass is 16.3. The molecule has 3 heteroatoms. The number of hydrogen-bond donors (Lipinski definition) is 1. The van der Waals surface area contributed by atoms with Crippen LogP contribution in [0.1, 0.15) is 39.0 Å². The third-order valence-corrected chi connectivity index (χ3v) is 4.37. The number of hydrogen-bond acceptors (Lipinski definition) is 2. The van der Waals surface area contributed by atoms with Crippen LogP contribution >= 0.6 is 0 Å². The summed E-state index contributed by atoms with van der Waals surface area (Å²) < 4.78 is 5.81. The molecule has 0 amide bonds. The zero-order valence-corrected chi connectivity index (χ0v) is 12.0. The Morgan fingerprint density at radius 2 is 1.89 bits per heavy atom. The van der Waals surface area contributed by atoms with Crippen molar-refractivity contribution in [3.05, 3.63) is 41.9 Å². The van der Waals surface area contributed by atoms with E-state index in [4.69, 9.17) is 10.2 Å². The molecule has 0 saturated heterocycles. The maximum Gasteiger partial charge on any atom is 0.219 e. The molecule has 19 heavy (non-hydrogen) atoms. The van der Waals surface area contributed by atoms with Crippen LogP contribution in [0.15, 0.2) is 34.9 Å². The first-order chi connectivity index (χ1) is 8.94. The molecule has 0 saturated carbocycles. The zero-order valence-electron chi connectivity index (χ0n) is 12.0. The molecule has 2 N–H and O–H groups in total. The summed E-state index contributed by atoms with van der Waals surface area (Å²) in [6.45, 7) is 9.25. The van der Waals surface area contributed by atoms with Gasteiger partial charge in [-0.15, -0.1) is 0 Å². The Bertz CT molecular complexity index is 627. The Kier molecular flexibility index (Phi) is 2.56. The van der Waals surface area contributed by atoms with Crippen LogP contribution in [-0.2, 0) is 5.41 Å². The van der Waals surface area contributed by atoms with Crippen molar-refractivity contribution in [3.63, 3.8) is 0 Å². The lowest BCUT2D eigenvalue weighted by molar-refractivity contribution is 0.432. The Labute approximate surface area is 115 Å². The molecule has 0 bridgehead atoms. The fourth-order valence-electron chi connectivity index (χ4n) is 3.49. The summed E-state index contributed by atoms with van der Waals surface area (Å²) >= 11 is 0. The van der Waals surface area contributed by atoms with Gasteiger partial charge in [0.15, 0.2) is 0 Å². The van der Waals surface area contributed by atoms with Gasteiger partial charge in [0.1, 0.15) is 12.0 Å². The van der Waals surface area contributed by atoms with Gasteiger partial charge in [0.2, 0.25) is 6.71 Å². The lowest BCUT2D eigenvalue weighted by atomic mass is 9.30. The highest BCUT2D eigenvalue weighted by molar-refractivity contribution is 6.88. The van der Waals surface area contributed by atoms with Gasteiger partial charge in [-0.2, -0.15) is 0 Å². The van der Waals surface area contributed by atoms with E-state index in [0.717, 1.165) is 11.4 Å². The molecule has 1 aromatic heterocycles. The molecule has 0 unspecified atom stereocenters. The minimum Gasteiger partial charge on any atom is -0.467 e. The van der Waals surface area contributed by atoms with E-state index >= 15 is 0 Å². The smallest absolute Gasteiger partial charge is 0.219 e. The van der Waals surface area contributed by atoms with E-state index < -0.39 is 0 Å². The Balaban J connectivity index is 2.35. The van der Waals surface area contributed by atoms with E-state index in [2.05, 4.69) is 52.0 Å². The average molecular weight is 253 g/mol. The maximum absolute atomic E-state index is 6.17. The summed E-state index contributed by atoms with van der Waals surface area (Å²) in [5.74, 6) is 1.53. The van der Waals surface area contributed by atoms with E-state index in [1.165, 1.54) is 16.5 Å². The number of furan rings is 1. The summed E-state index contributed by atoms with van der Waals surface area (Å²) in [4.78, 5) is 0. The third kappa shape index (κ3) is 1.57. The minimum absolute atomic E-state index is 0.116. The molecule has 0 spiro atoms. The summed E-state index contributed by atoms with van der Waals surface area (Å²) in [7, 11) is 0. The van der Waals surface area contributed by atoms with Crippen LogP contribution in [0.4, 0.5) is 5.69 Å². The predicted molar refractivity (Wildman–Crippen MR) is 81.8 cm³/mol. The largest absolute Gasteiger partial charge is 0.467 e. The quantitative estimate of drug-likeness (QED) is 0.793. The molecule has 1 aliphatic heterocycles. The number of anilines is 1. The Morgan fingerprint density at radius 1 is 1.21 bits per heavy atom. The SMILES string of the molecule is CC(C)B1c2ccccc2C(C)(C)c2occ(N)c21. The lowest BCUT2D eigenvalue weighted by Crippen LogP contribution is -2.55. The molecular formula is C16H20BNO. The van der Waals surface area contributed by atoms with Gasteiger partial charge in [-0.1, -0.05) is 49.4 Å². The number of fused-ring (bicyclic) bond motifs is 2. The normalized spacial score (nSPS) is 16.4. The Hall–Kier alpha value is -1.64. The summed E-state index contributed by atoms with van der Waals surface area (Å²) in [5.41, 5.74) is 10.8. The molecule has 2 nitrogen and oxygen atoms in total. The molecule has 2 aromatic rings. The molecule has 1 aromatic carbocycles. The van der Waals surface area contributed by atoms with Crippen molar-refractivity contribution in [1.29, 1.82) is 0 Å². The summed E-state index contributed by atoms with van der Waals surface area (Å²) in [6.07, 6.45) is 1.70. The van der Waals surface area contributed by atoms with Gasteiger partial charge in [0.05, 0.1) is 5.69 Å². The fourth-order valence-corrected chi connectivity index (χ4v) is 3.49. The van der Waals surface area contributed by atoms with Crippen molar-refractivity contribution in [3.8, 4) is 0 Å². The van der Waals surface area contributed by atoms with Crippen molar-refractivity contribution >= 4 is 23.3 Å². The van der Waals surface area contributed by atoms with Crippen LogP contribution in [0.25, 0.3) is 0 Å². The molecule has 2 heterocycles. The molecule has 0 aliphatic carbocycles. The molecule has 0 fully saturated rings. The predicted octanol–water partition coefficient (Wildman–Crippen LogP) is 2.52. The van der Waals surface area contributed by atoms with Crippen molar-refractivity contribution in [2.75, 3.05) is 5.73 Å². The van der Waals surface area contributed by atoms with Crippen molar-refractivity contribution < 1.29 is 4.42 Å². The first-order valence-corrected chi connectivity index (χ1v) is 6.91. The van der Waals surface area contributed by atoms with Crippen molar-refractivity contribution in [2.45, 2.75) is 38.9 Å². The van der Waals surface area contributed by atoms with Gasteiger partial charge in [-0.05, 0) is 24.9 Å². The second kappa shape index (κ2) is 3.93. The first-order valence-electron chi connectivity index (χ1n) is 6.91. The number of rotatable bonds is 1. The standard InChI is InChI=1S/C16H20BNO/c1-10(2)17-12-8-6-5-7-11(12)16(3,4)15-14(17)13(18)9-19-15/h5-10H,18H2,1-4H3. The van der Waals surface area contributed by atoms with Gasteiger partial charge in [-0.3, -0.25) is 0 Å². The van der Waals surface area contributed by atoms with Crippen molar-refractivity contribution in [1.82, 2.24) is 0 Å². The van der Waals surface area contributed by atoms with E-state index in [-0.39, 0.29) is 5.41 Å². The van der Waals surface area contributed by atoms with Gasteiger partial charge in [0.25, 0.3) is 0 Å². The second-order valence-corrected chi connectivity index (χ2v) is 6.37. The topological polar surface area (TPSA) is 39.2 Å². The van der Waals surface area contributed by atoms with Gasteiger partial charge in [0, 0.05) is 5.41 Å². The zero-order chi connectivity index (χ0) is 13.8. The molecule has 0 atom stereocenters. The average Bonchev–Trinajstić information content (AvgIpc) is 2.73. The maximum atomic E-state index is 6.17. The van der Waals surface area contributed by atoms with Crippen LogP contribution in [-0.4, -0.2) is 6.71 Å². The highest BCUT2D eigenvalue weighted by Crippen LogP contribution is 2.36. The minimum atomic E-state index is -0.116. The molecule has 0 radical (unpaired) electrons. The number of nitrogen functional groups attached to an aromatic ring is 1. The van der Waals surface area contributed by atoms with Gasteiger partial charge < -0.3 is 10.2 Å². The van der Waals surface area contributed by atoms with E-state index in [1.54, 1.807) is 6.26 Å². The summed E-state index contributed by atoms with van der Waals surface area (Å²) in [6, 6.07) is 8.67. The van der Waals surface area contributed by atoms with E-state index in [9.17, 15) is 0 Å². The van der Waals surface area contributed by atoms with Gasteiger partial charge in [-0.25, -0.2) is 0 Å². The molecule has 98 valence electrons. The summed E-state index contributed by atoms with van der Waals surface area (Å²) in [5, 5.41) is 0. The van der Waals surface area contributed by atoms with Gasteiger partial charge >= 0.3 is 0 Å². The van der Waals surface area contributed by atoms with Crippen LogP contribution < -0.4 is 16.7 Å². The van der Waals surface area contributed by atoms with Crippen LogP contribution in [0.3, 0.4) is 0 Å². The van der Waals surface area contributed by atoms with E-state index in [1.807, 2.05) is 0 Å². The number of benzene rings is 1. The van der Waals surface area contributed by atoms with Crippen molar-refractivity contribution in [2.24, 2.45) is 0 Å². The molecule has 1 aliphatic rings. The molecular weight excluding hydrogens is 233 g/mol. The monoisotopic (exact) mass is 253 g/mol. The third-order valence-electron chi connectivity index (χ3n) is 4.37. The highest BCUT2D eigenvalue weighted by Gasteiger charge is 2.43. The molecule has 3 rings (SSSR count). The first kappa shape index (κ1) is 12.4. The second-order valence-electron chi connectivity index (χ2n) is 6.37. The van der Waals surface area contributed by atoms with Crippen LogP contribution in [0.5, 0.6) is 0 Å². The van der Waals surface area contributed by atoms with Crippen LogP contribution in [0.2, 0.25) is 5.82 Å². The van der Waals surface area contributed by atoms with E-state index in [0.29, 0.717) is 12.5 Å². The Morgan fingerprint density at radius 3 is 2.58 bits per heavy atom. The lowest BCUT2D eigenvalue weighted by Gasteiger charge is -2.36. The number of nitrogens with two attached hydrogens (primary N) is 1. The fraction of sp³-hybridized carbons (Fsp3) is 0.375. The van der Waals surface area contributed by atoms with Crippen LogP contribution in [0, 0.1) is 0 Å².